The molecule has 0 radical (unpaired) electrons. The van der Waals surface area contributed by atoms with Crippen molar-refractivity contribution in [3.8, 4) is 0 Å². The maximum absolute atomic E-state index is 5.68. The molecule has 1 heterocycles. The highest BCUT2D eigenvalue weighted by molar-refractivity contribution is 6.18. The topological polar surface area (TPSA) is 29.0 Å². The zero-order valence-electron chi connectivity index (χ0n) is 7.78. The molecular formula is C9H14ClN3. The Kier molecular flexibility index (Phi) is 4.54. The van der Waals surface area contributed by atoms with E-state index in [2.05, 4.69) is 21.8 Å². The number of aromatic nitrogens is 2. The third kappa shape index (κ3) is 3.19. The van der Waals surface area contributed by atoms with Crippen LogP contribution in [0.2, 0.25) is 0 Å². The van der Waals surface area contributed by atoms with Crippen molar-refractivity contribution in [2.45, 2.75) is 13.3 Å². The van der Waals surface area contributed by atoms with Crippen LogP contribution < -0.4 is 4.90 Å². The fourth-order valence-electron chi connectivity index (χ4n) is 1.14. The number of rotatable bonds is 5. The lowest BCUT2D eigenvalue weighted by molar-refractivity contribution is 0.764. The minimum Gasteiger partial charge on any atom is -0.340 e. The van der Waals surface area contributed by atoms with Crippen LogP contribution in [0.3, 0.4) is 0 Å². The summed E-state index contributed by atoms with van der Waals surface area (Å²) in [5.41, 5.74) is 0. The number of hydrogen-bond acceptors (Lipinski definition) is 3. The molecule has 4 heteroatoms. The highest BCUT2D eigenvalue weighted by atomic mass is 35.5. The van der Waals surface area contributed by atoms with Crippen LogP contribution in [0.15, 0.2) is 18.5 Å². The molecule has 0 atom stereocenters. The third-order valence-electron chi connectivity index (χ3n) is 1.68. The van der Waals surface area contributed by atoms with E-state index < -0.39 is 0 Å². The molecule has 0 aliphatic heterocycles. The summed E-state index contributed by atoms with van der Waals surface area (Å²) in [6.45, 7) is 3.89. The van der Waals surface area contributed by atoms with Gasteiger partial charge >= 0.3 is 0 Å². The Bertz CT molecular complexity index is 222. The van der Waals surface area contributed by atoms with E-state index in [1.165, 1.54) is 0 Å². The summed E-state index contributed by atoms with van der Waals surface area (Å²) in [6, 6.07) is 1.81. The molecule has 13 heavy (non-hydrogen) atoms. The molecule has 1 aromatic rings. The van der Waals surface area contributed by atoms with E-state index in [9.17, 15) is 0 Å². The van der Waals surface area contributed by atoms with E-state index in [0.717, 1.165) is 25.5 Å². The number of halogens is 1. The van der Waals surface area contributed by atoms with Crippen LogP contribution in [-0.2, 0) is 0 Å². The Balaban J connectivity index is 2.64. The zero-order chi connectivity index (χ0) is 9.52. The lowest BCUT2D eigenvalue weighted by atomic mass is 10.4. The molecule has 0 fully saturated rings. The number of alkyl halides is 1. The van der Waals surface area contributed by atoms with Crippen LogP contribution in [-0.4, -0.2) is 28.9 Å². The van der Waals surface area contributed by atoms with Crippen molar-refractivity contribution in [3.05, 3.63) is 18.5 Å². The molecule has 3 nitrogen and oxygen atoms in total. The molecule has 0 saturated heterocycles. The van der Waals surface area contributed by atoms with Crippen molar-refractivity contribution in [2.24, 2.45) is 0 Å². The van der Waals surface area contributed by atoms with Gasteiger partial charge in [0.1, 0.15) is 0 Å². The second-order valence-electron chi connectivity index (χ2n) is 2.72. The van der Waals surface area contributed by atoms with Crippen molar-refractivity contribution in [2.75, 3.05) is 23.9 Å². The third-order valence-corrected chi connectivity index (χ3v) is 1.85. The average molecular weight is 200 g/mol. The van der Waals surface area contributed by atoms with Crippen molar-refractivity contribution in [1.29, 1.82) is 0 Å². The Labute approximate surface area is 83.8 Å². The highest BCUT2D eigenvalue weighted by Crippen LogP contribution is 2.05. The predicted molar refractivity (Wildman–Crippen MR) is 55.3 cm³/mol. The van der Waals surface area contributed by atoms with Gasteiger partial charge in [0.25, 0.3) is 0 Å². The summed E-state index contributed by atoms with van der Waals surface area (Å²) in [5.74, 6) is 1.38. The van der Waals surface area contributed by atoms with Gasteiger partial charge in [-0.15, -0.1) is 11.6 Å². The van der Waals surface area contributed by atoms with Gasteiger partial charge in [-0.1, -0.05) is 6.92 Å². The molecule has 0 aliphatic rings. The molecule has 0 aromatic carbocycles. The van der Waals surface area contributed by atoms with E-state index in [1.54, 1.807) is 12.4 Å². The highest BCUT2D eigenvalue weighted by Gasteiger charge is 2.05. The minimum atomic E-state index is 0.609. The van der Waals surface area contributed by atoms with E-state index in [1.807, 2.05) is 6.07 Å². The molecular weight excluding hydrogens is 186 g/mol. The Morgan fingerprint density at radius 1 is 1.31 bits per heavy atom. The molecule has 72 valence electrons. The van der Waals surface area contributed by atoms with Gasteiger partial charge in [-0.2, -0.15) is 0 Å². The first-order chi connectivity index (χ1) is 6.38. The minimum absolute atomic E-state index is 0.609. The summed E-state index contributed by atoms with van der Waals surface area (Å²) in [5, 5.41) is 0. The van der Waals surface area contributed by atoms with Gasteiger partial charge in [-0.3, -0.25) is 0 Å². The lowest BCUT2D eigenvalue weighted by Gasteiger charge is -2.19. The van der Waals surface area contributed by atoms with Crippen LogP contribution in [0.25, 0.3) is 0 Å². The van der Waals surface area contributed by atoms with E-state index in [4.69, 9.17) is 11.6 Å². The number of hydrogen-bond donors (Lipinski definition) is 0. The zero-order valence-corrected chi connectivity index (χ0v) is 8.54. The second-order valence-corrected chi connectivity index (χ2v) is 3.10. The quantitative estimate of drug-likeness (QED) is 0.679. The maximum Gasteiger partial charge on any atom is 0.225 e. The summed E-state index contributed by atoms with van der Waals surface area (Å²) in [4.78, 5) is 10.4. The number of nitrogens with zero attached hydrogens (tertiary/aromatic N) is 3. The molecule has 0 bridgehead atoms. The van der Waals surface area contributed by atoms with Gasteiger partial charge < -0.3 is 4.90 Å². The molecule has 0 unspecified atom stereocenters. The Morgan fingerprint density at radius 2 is 2.00 bits per heavy atom. The van der Waals surface area contributed by atoms with E-state index in [-0.39, 0.29) is 0 Å². The fraction of sp³-hybridized carbons (Fsp3) is 0.556. The molecule has 0 N–H and O–H groups in total. The maximum atomic E-state index is 5.68. The van der Waals surface area contributed by atoms with Gasteiger partial charge in [0.05, 0.1) is 0 Å². The molecule has 0 spiro atoms. The van der Waals surface area contributed by atoms with Crippen molar-refractivity contribution in [1.82, 2.24) is 9.97 Å². The predicted octanol–water partition coefficient (Wildman–Crippen LogP) is 1.93. The molecule has 1 aromatic heterocycles. The second kappa shape index (κ2) is 5.75. The number of anilines is 1. The normalized spacial score (nSPS) is 10.0. The van der Waals surface area contributed by atoms with Gasteiger partial charge in [0, 0.05) is 31.4 Å². The van der Waals surface area contributed by atoms with Crippen LogP contribution in [0.1, 0.15) is 13.3 Å². The largest absolute Gasteiger partial charge is 0.340 e. The van der Waals surface area contributed by atoms with Crippen LogP contribution in [0, 0.1) is 0 Å². The summed E-state index contributed by atoms with van der Waals surface area (Å²) >= 11 is 5.68. The fourth-order valence-corrected chi connectivity index (χ4v) is 1.34. The molecule has 0 saturated carbocycles. The van der Waals surface area contributed by atoms with Crippen molar-refractivity contribution in [3.63, 3.8) is 0 Å². The van der Waals surface area contributed by atoms with Gasteiger partial charge in [-0.25, -0.2) is 9.97 Å². The summed E-state index contributed by atoms with van der Waals surface area (Å²) in [6.07, 6.45) is 4.58. The average Bonchev–Trinajstić information content (AvgIpc) is 2.19. The molecule has 0 amide bonds. The van der Waals surface area contributed by atoms with Crippen LogP contribution >= 0.6 is 11.6 Å². The first kappa shape index (κ1) is 10.3. The van der Waals surface area contributed by atoms with E-state index >= 15 is 0 Å². The monoisotopic (exact) mass is 199 g/mol. The Hall–Kier alpha value is -0.830. The van der Waals surface area contributed by atoms with Crippen LogP contribution in [0.5, 0.6) is 0 Å². The SMILES string of the molecule is CCCN(CCCl)c1ncccn1. The van der Waals surface area contributed by atoms with Crippen molar-refractivity contribution < 1.29 is 0 Å². The molecule has 0 aliphatic carbocycles. The smallest absolute Gasteiger partial charge is 0.225 e. The standard InChI is InChI=1S/C9H14ClN3/c1-2-7-13(8-4-10)9-11-5-3-6-12-9/h3,5-6H,2,4,7-8H2,1H3. The van der Waals surface area contributed by atoms with Crippen molar-refractivity contribution >= 4 is 17.5 Å². The van der Waals surface area contributed by atoms with Gasteiger partial charge in [-0.05, 0) is 12.5 Å². The van der Waals surface area contributed by atoms with E-state index in [0.29, 0.717) is 5.88 Å². The first-order valence-electron chi connectivity index (χ1n) is 4.46. The lowest BCUT2D eigenvalue weighted by Crippen LogP contribution is -2.27. The summed E-state index contributed by atoms with van der Waals surface area (Å²) in [7, 11) is 0. The van der Waals surface area contributed by atoms with Crippen LogP contribution in [0.4, 0.5) is 5.95 Å². The van der Waals surface area contributed by atoms with Gasteiger partial charge in [0.15, 0.2) is 0 Å². The first-order valence-corrected chi connectivity index (χ1v) is 5.00. The van der Waals surface area contributed by atoms with Gasteiger partial charge in [0.2, 0.25) is 5.95 Å². The molecule has 1 rings (SSSR count). The summed E-state index contributed by atoms with van der Waals surface area (Å²) < 4.78 is 0. The Morgan fingerprint density at radius 3 is 2.54 bits per heavy atom.